The second-order valence-electron chi connectivity index (χ2n) is 5.92. The van der Waals surface area contributed by atoms with Gasteiger partial charge in [0.05, 0.1) is 7.11 Å². The highest BCUT2D eigenvalue weighted by Crippen LogP contribution is 2.29. The predicted octanol–water partition coefficient (Wildman–Crippen LogP) is 2.89. The molecule has 0 aliphatic rings. The van der Waals surface area contributed by atoms with Crippen LogP contribution in [0.15, 0.2) is 42.5 Å². The van der Waals surface area contributed by atoms with Gasteiger partial charge in [0.25, 0.3) is 5.91 Å². The maximum absolute atomic E-state index is 12.3. The van der Waals surface area contributed by atoms with E-state index in [1.165, 1.54) is 13.2 Å². The lowest BCUT2D eigenvalue weighted by molar-refractivity contribution is -0.682. The van der Waals surface area contributed by atoms with E-state index in [0.29, 0.717) is 10.6 Å². The number of carbonyl (C=O) groups excluding carboxylic acids is 1. The quantitative estimate of drug-likeness (QED) is 0.681. The summed E-state index contributed by atoms with van der Waals surface area (Å²) in [7, 11) is 1.36. The molecule has 1 amide bonds. The molecule has 0 heterocycles. The van der Waals surface area contributed by atoms with E-state index in [0.717, 1.165) is 5.56 Å². The van der Waals surface area contributed by atoms with Crippen LogP contribution in [-0.2, 0) is 11.3 Å². The third-order valence-corrected chi connectivity index (χ3v) is 4.20. The molecular weight excluding hydrogens is 378 g/mol. The maximum Gasteiger partial charge on any atom is 0.387 e. The molecule has 8 heteroatoms. The first kappa shape index (κ1) is 20.9. The monoisotopic (exact) mass is 399 g/mol. The fourth-order valence-electron chi connectivity index (χ4n) is 2.50. The van der Waals surface area contributed by atoms with Crippen LogP contribution in [0.5, 0.6) is 11.5 Å². The molecule has 0 aromatic heterocycles. The molecule has 0 radical (unpaired) electrons. The molecule has 0 spiro atoms. The summed E-state index contributed by atoms with van der Waals surface area (Å²) < 4.78 is 34.1. The van der Waals surface area contributed by atoms with E-state index in [2.05, 4.69) is 10.1 Å². The standard InChI is InChI=1S/C19H21ClF2N2O3/c1-12(14-4-3-5-15(20)9-14)23-11-18(25)24-10-13-6-7-16(27-19(21)22)17(8-13)26-2/h3-9,12,19,23H,10-11H2,1-2H3,(H,24,25)/p+1/t12-/m1/s1. The lowest BCUT2D eigenvalue weighted by Crippen LogP contribution is -2.87. The summed E-state index contributed by atoms with van der Waals surface area (Å²) in [6, 6.07) is 12.1. The van der Waals surface area contributed by atoms with Crippen LogP contribution in [0.3, 0.4) is 0 Å². The third-order valence-electron chi connectivity index (χ3n) is 3.97. The Kier molecular flexibility index (Phi) is 7.82. The van der Waals surface area contributed by atoms with Gasteiger partial charge >= 0.3 is 6.61 Å². The molecule has 0 fully saturated rings. The minimum absolute atomic E-state index is 0.0498. The third kappa shape index (κ3) is 6.69. The highest BCUT2D eigenvalue weighted by molar-refractivity contribution is 6.30. The summed E-state index contributed by atoms with van der Waals surface area (Å²) in [5.74, 6) is -0.00908. The Morgan fingerprint density at radius 3 is 2.67 bits per heavy atom. The van der Waals surface area contributed by atoms with Crippen molar-refractivity contribution in [2.75, 3.05) is 13.7 Å². The van der Waals surface area contributed by atoms with Gasteiger partial charge in [-0.15, -0.1) is 0 Å². The number of nitrogens with two attached hydrogens (primary N) is 1. The molecule has 0 aliphatic heterocycles. The van der Waals surface area contributed by atoms with Crippen LogP contribution in [0, 0.1) is 0 Å². The van der Waals surface area contributed by atoms with E-state index in [4.69, 9.17) is 16.3 Å². The number of methoxy groups -OCH3 is 1. The summed E-state index contributed by atoms with van der Waals surface area (Å²) in [5, 5.41) is 5.35. The Morgan fingerprint density at radius 1 is 1.22 bits per heavy atom. The molecule has 0 unspecified atom stereocenters. The van der Waals surface area contributed by atoms with Gasteiger partial charge in [-0.05, 0) is 36.8 Å². The predicted molar refractivity (Wildman–Crippen MR) is 98.1 cm³/mol. The van der Waals surface area contributed by atoms with Crippen LogP contribution in [-0.4, -0.2) is 26.2 Å². The minimum atomic E-state index is -2.93. The van der Waals surface area contributed by atoms with Gasteiger partial charge in [0, 0.05) is 17.1 Å². The van der Waals surface area contributed by atoms with E-state index in [-0.39, 0.29) is 36.5 Å². The number of benzene rings is 2. The maximum atomic E-state index is 12.3. The number of hydrogen-bond donors (Lipinski definition) is 2. The highest BCUT2D eigenvalue weighted by atomic mass is 35.5. The Bertz CT molecular complexity index is 774. The molecule has 0 saturated carbocycles. The van der Waals surface area contributed by atoms with Crippen LogP contribution >= 0.6 is 11.6 Å². The van der Waals surface area contributed by atoms with Gasteiger partial charge in [-0.25, -0.2) is 0 Å². The van der Waals surface area contributed by atoms with Crippen molar-refractivity contribution in [3.8, 4) is 11.5 Å². The summed E-state index contributed by atoms with van der Waals surface area (Å²) in [6.45, 7) is -0.437. The largest absolute Gasteiger partial charge is 0.493 e. The van der Waals surface area contributed by atoms with Crippen molar-refractivity contribution in [1.82, 2.24) is 5.32 Å². The van der Waals surface area contributed by atoms with Crippen molar-refractivity contribution >= 4 is 17.5 Å². The van der Waals surface area contributed by atoms with Crippen LogP contribution in [0.2, 0.25) is 5.02 Å². The number of alkyl halides is 2. The van der Waals surface area contributed by atoms with Gasteiger partial charge in [-0.2, -0.15) is 8.78 Å². The van der Waals surface area contributed by atoms with Crippen LogP contribution in [0.1, 0.15) is 24.1 Å². The van der Waals surface area contributed by atoms with Crippen molar-refractivity contribution in [1.29, 1.82) is 0 Å². The number of hydrogen-bond acceptors (Lipinski definition) is 3. The molecule has 2 aromatic rings. The molecule has 2 rings (SSSR count). The Morgan fingerprint density at radius 2 is 2.00 bits per heavy atom. The molecule has 3 N–H and O–H groups in total. The molecule has 27 heavy (non-hydrogen) atoms. The zero-order valence-electron chi connectivity index (χ0n) is 15.0. The molecule has 0 aliphatic carbocycles. The van der Waals surface area contributed by atoms with Crippen LogP contribution < -0.4 is 20.1 Å². The Hall–Kier alpha value is -2.38. The average Bonchev–Trinajstić information content (AvgIpc) is 2.64. The Balaban J connectivity index is 1.84. The summed E-state index contributed by atoms with van der Waals surface area (Å²) in [5.41, 5.74) is 1.75. The average molecular weight is 400 g/mol. The minimum Gasteiger partial charge on any atom is -0.493 e. The van der Waals surface area contributed by atoms with Gasteiger partial charge in [0.1, 0.15) is 6.04 Å². The van der Waals surface area contributed by atoms with E-state index in [1.807, 2.05) is 30.4 Å². The van der Waals surface area contributed by atoms with Crippen molar-refractivity contribution in [2.45, 2.75) is 26.1 Å². The second kappa shape index (κ2) is 10.1. The van der Waals surface area contributed by atoms with Crippen LogP contribution in [0.4, 0.5) is 8.78 Å². The zero-order chi connectivity index (χ0) is 19.8. The number of rotatable bonds is 9. The van der Waals surface area contributed by atoms with Crippen molar-refractivity contribution in [3.63, 3.8) is 0 Å². The number of carbonyl (C=O) groups is 1. The molecule has 0 saturated heterocycles. The molecule has 5 nitrogen and oxygen atoms in total. The van der Waals surface area contributed by atoms with Crippen molar-refractivity contribution in [3.05, 3.63) is 58.6 Å². The van der Waals surface area contributed by atoms with Crippen molar-refractivity contribution in [2.24, 2.45) is 0 Å². The van der Waals surface area contributed by atoms with Gasteiger partial charge in [0.2, 0.25) is 0 Å². The lowest BCUT2D eigenvalue weighted by Gasteiger charge is -2.13. The zero-order valence-corrected chi connectivity index (χ0v) is 15.8. The van der Waals surface area contributed by atoms with Gasteiger partial charge in [-0.3, -0.25) is 4.79 Å². The smallest absolute Gasteiger partial charge is 0.387 e. The SMILES string of the molecule is COc1cc(CNC(=O)C[NH2+][C@H](C)c2cccc(Cl)c2)ccc1OC(F)F. The summed E-state index contributed by atoms with van der Waals surface area (Å²) in [6.07, 6.45) is 0. The fraction of sp³-hybridized carbons (Fsp3) is 0.316. The summed E-state index contributed by atoms with van der Waals surface area (Å²) >= 11 is 5.98. The number of nitrogens with one attached hydrogen (secondary N) is 1. The van der Waals surface area contributed by atoms with E-state index in [1.54, 1.807) is 18.2 Å². The van der Waals surface area contributed by atoms with Gasteiger partial charge in [0.15, 0.2) is 18.0 Å². The topological polar surface area (TPSA) is 64.2 Å². The number of ether oxygens (including phenoxy) is 2. The first-order chi connectivity index (χ1) is 12.9. The van der Waals surface area contributed by atoms with E-state index in [9.17, 15) is 13.6 Å². The first-order valence-electron chi connectivity index (χ1n) is 8.36. The second-order valence-corrected chi connectivity index (χ2v) is 6.36. The summed E-state index contributed by atoms with van der Waals surface area (Å²) in [4.78, 5) is 12.1. The number of halogens is 3. The molecule has 0 bridgehead atoms. The molecule has 146 valence electrons. The normalized spacial score (nSPS) is 11.9. The van der Waals surface area contributed by atoms with Crippen molar-refractivity contribution < 1.29 is 28.4 Å². The van der Waals surface area contributed by atoms with Gasteiger partial charge in [-0.1, -0.05) is 29.8 Å². The molecule has 2 aromatic carbocycles. The molecule has 1 atom stereocenters. The Labute approximate surface area is 161 Å². The number of quaternary nitrogens is 1. The van der Waals surface area contributed by atoms with E-state index < -0.39 is 6.61 Å². The number of amides is 1. The first-order valence-corrected chi connectivity index (χ1v) is 8.74. The lowest BCUT2D eigenvalue weighted by atomic mass is 10.1. The molecular formula is C19H22ClF2N2O3+. The fourth-order valence-corrected chi connectivity index (χ4v) is 2.70. The van der Waals surface area contributed by atoms with E-state index >= 15 is 0 Å². The van der Waals surface area contributed by atoms with Crippen LogP contribution in [0.25, 0.3) is 0 Å². The highest BCUT2D eigenvalue weighted by Gasteiger charge is 2.13. The van der Waals surface area contributed by atoms with Gasteiger partial charge < -0.3 is 20.1 Å².